The Morgan fingerprint density at radius 2 is 1.58 bits per heavy atom. The van der Waals surface area contributed by atoms with Gasteiger partial charge in [0.05, 0.1) is 0 Å². The van der Waals surface area contributed by atoms with Crippen LogP contribution in [0.25, 0.3) is 0 Å². The number of hydrogen-bond donors (Lipinski definition) is 2. The molecule has 0 aliphatic carbocycles. The average molecular weight is 392 g/mol. The molecule has 0 unspecified atom stereocenters. The van der Waals surface area contributed by atoms with Crippen molar-refractivity contribution in [3.63, 3.8) is 0 Å². The predicted octanol–water partition coefficient (Wildman–Crippen LogP) is 4.46. The van der Waals surface area contributed by atoms with E-state index in [2.05, 4.69) is 16.7 Å². The molecule has 6 heteroatoms. The van der Waals surface area contributed by atoms with E-state index < -0.39 is 0 Å². The monoisotopic (exact) mass is 390 g/mol. The highest BCUT2D eigenvalue weighted by molar-refractivity contribution is 6.31. The Morgan fingerprint density at radius 1 is 0.917 bits per heavy atom. The minimum atomic E-state index is 0. The van der Waals surface area contributed by atoms with Crippen LogP contribution >= 0.6 is 36.4 Å². The van der Waals surface area contributed by atoms with Crippen LogP contribution in [0.3, 0.4) is 0 Å². The highest BCUT2D eigenvalue weighted by Gasteiger charge is 2.05. The molecule has 0 amide bonds. The second-order valence-electron chi connectivity index (χ2n) is 5.12. The lowest BCUT2D eigenvalue weighted by atomic mass is 10.2. The molecule has 0 aliphatic rings. The molecular weight excluding hydrogens is 367 g/mol. The van der Waals surface area contributed by atoms with Crippen molar-refractivity contribution >= 4 is 36.4 Å². The first-order valence-corrected chi connectivity index (χ1v) is 7.98. The van der Waals surface area contributed by atoms with Gasteiger partial charge in [-0.15, -0.1) is 24.8 Å². The molecule has 0 fully saturated rings. The number of hydrogen-bond acceptors (Lipinski definition) is 3. The van der Waals surface area contributed by atoms with Crippen molar-refractivity contribution < 1.29 is 4.74 Å². The fourth-order valence-corrected chi connectivity index (χ4v) is 2.37. The minimum Gasteiger partial charge on any atom is -0.489 e. The first-order chi connectivity index (χ1) is 10.8. The van der Waals surface area contributed by atoms with Gasteiger partial charge in [0.15, 0.2) is 0 Å². The summed E-state index contributed by atoms with van der Waals surface area (Å²) in [5, 5.41) is 7.33. The lowest BCUT2D eigenvalue weighted by Crippen LogP contribution is -2.19. The zero-order valence-electron chi connectivity index (χ0n) is 13.8. The Bertz CT molecular complexity index is 582. The molecule has 0 aromatic heterocycles. The highest BCUT2D eigenvalue weighted by Crippen LogP contribution is 2.21. The van der Waals surface area contributed by atoms with Gasteiger partial charge >= 0.3 is 0 Å². The lowest BCUT2D eigenvalue weighted by Gasteiger charge is -2.13. The summed E-state index contributed by atoms with van der Waals surface area (Å²) in [6, 6.07) is 15.9. The van der Waals surface area contributed by atoms with Crippen molar-refractivity contribution in [1.29, 1.82) is 0 Å². The van der Waals surface area contributed by atoms with Gasteiger partial charge in [0.25, 0.3) is 0 Å². The van der Waals surface area contributed by atoms with Gasteiger partial charge in [-0.25, -0.2) is 0 Å². The molecule has 0 radical (unpaired) electrons. The molecule has 2 N–H and O–H groups in total. The van der Waals surface area contributed by atoms with E-state index in [0.29, 0.717) is 6.61 Å². The second-order valence-corrected chi connectivity index (χ2v) is 5.53. The van der Waals surface area contributed by atoms with Crippen molar-refractivity contribution in [1.82, 2.24) is 10.6 Å². The molecule has 3 nitrogen and oxygen atoms in total. The van der Waals surface area contributed by atoms with Crippen molar-refractivity contribution in [3.05, 3.63) is 64.7 Å². The molecule has 2 rings (SSSR count). The molecule has 0 aliphatic heterocycles. The highest BCUT2D eigenvalue weighted by atomic mass is 35.5. The summed E-state index contributed by atoms with van der Waals surface area (Å²) in [5.41, 5.74) is 2.17. The first-order valence-electron chi connectivity index (χ1n) is 7.60. The molecule has 0 saturated heterocycles. The third-order valence-corrected chi connectivity index (χ3v) is 3.78. The van der Waals surface area contributed by atoms with Crippen molar-refractivity contribution in [2.24, 2.45) is 0 Å². The Labute approximate surface area is 162 Å². The van der Waals surface area contributed by atoms with Gasteiger partial charge in [0, 0.05) is 22.7 Å². The van der Waals surface area contributed by atoms with Gasteiger partial charge in [0.1, 0.15) is 12.4 Å². The van der Waals surface area contributed by atoms with E-state index in [0.717, 1.165) is 42.4 Å². The molecular formula is C18H25Cl3N2O. The number of benzene rings is 2. The number of para-hydroxylation sites is 1. The zero-order valence-corrected chi connectivity index (χ0v) is 16.1. The number of halogens is 3. The number of nitrogens with one attached hydrogen (secondary N) is 2. The molecule has 0 saturated carbocycles. The predicted molar refractivity (Wildman–Crippen MR) is 107 cm³/mol. The zero-order chi connectivity index (χ0) is 15.6. The summed E-state index contributed by atoms with van der Waals surface area (Å²) in [4.78, 5) is 0. The molecule has 24 heavy (non-hydrogen) atoms. The fraction of sp³-hybridized carbons (Fsp3) is 0.333. The topological polar surface area (TPSA) is 33.3 Å². The van der Waals surface area contributed by atoms with E-state index in [1.807, 2.05) is 49.5 Å². The SMILES string of the molecule is CNCCCNCc1ccccc1OCc1ccccc1Cl.Cl.Cl. The summed E-state index contributed by atoms with van der Waals surface area (Å²) >= 11 is 6.16. The fourth-order valence-electron chi connectivity index (χ4n) is 2.17. The van der Waals surface area contributed by atoms with Crippen LogP contribution in [0.5, 0.6) is 5.75 Å². The third kappa shape index (κ3) is 7.73. The van der Waals surface area contributed by atoms with Crippen LogP contribution in [-0.4, -0.2) is 20.1 Å². The summed E-state index contributed by atoms with van der Waals surface area (Å²) in [6.07, 6.45) is 1.11. The summed E-state index contributed by atoms with van der Waals surface area (Å²) in [7, 11) is 1.97. The molecule has 0 bridgehead atoms. The third-order valence-electron chi connectivity index (χ3n) is 3.41. The molecule has 2 aromatic rings. The van der Waals surface area contributed by atoms with Crippen LogP contribution < -0.4 is 15.4 Å². The Kier molecular flexibility index (Phi) is 12.8. The maximum atomic E-state index is 6.16. The largest absolute Gasteiger partial charge is 0.489 e. The maximum Gasteiger partial charge on any atom is 0.124 e. The second kappa shape index (κ2) is 13.3. The Hall–Kier alpha value is -0.970. The van der Waals surface area contributed by atoms with E-state index in [1.54, 1.807) is 0 Å². The standard InChI is InChI=1S/C18H23ClN2O.2ClH/c1-20-11-6-12-21-13-15-7-3-5-10-18(15)22-14-16-8-2-4-9-17(16)19;;/h2-5,7-10,20-21H,6,11-14H2,1H3;2*1H. The molecule has 0 spiro atoms. The van der Waals surface area contributed by atoms with E-state index in [4.69, 9.17) is 16.3 Å². The first kappa shape index (κ1) is 23.0. The van der Waals surface area contributed by atoms with Gasteiger partial charge in [-0.05, 0) is 38.7 Å². The van der Waals surface area contributed by atoms with E-state index >= 15 is 0 Å². The summed E-state index contributed by atoms with van der Waals surface area (Å²) in [6.45, 7) is 3.30. The van der Waals surface area contributed by atoms with E-state index in [-0.39, 0.29) is 24.8 Å². The van der Waals surface area contributed by atoms with Gasteiger partial charge in [-0.1, -0.05) is 48.0 Å². The molecule has 0 heterocycles. The molecule has 0 atom stereocenters. The maximum absolute atomic E-state index is 6.16. The van der Waals surface area contributed by atoms with Gasteiger partial charge in [-0.2, -0.15) is 0 Å². The average Bonchev–Trinajstić information content (AvgIpc) is 2.55. The van der Waals surface area contributed by atoms with Crippen LogP contribution in [0, 0.1) is 0 Å². The Balaban J connectivity index is 0.00000264. The molecule has 134 valence electrons. The van der Waals surface area contributed by atoms with Gasteiger partial charge < -0.3 is 15.4 Å². The Morgan fingerprint density at radius 3 is 2.29 bits per heavy atom. The summed E-state index contributed by atoms with van der Waals surface area (Å²) < 4.78 is 5.95. The normalized spacial score (nSPS) is 9.75. The van der Waals surface area contributed by atoms with Crippen molar-refractivity contribution in [3.8, 4) is 5.75 Å². The van der Waals surface area contributed by atoms with Gasteiger partial charge in [-0.3, -0.25) is 0 Å². The quantitative estimate of drug-likeness (QED) is 0.619. The van der Waals surface area contributed by atoms with Crippen LogP contribution in [0.4, 0.5) is 0 Å². The molecule has 2 aromatic carbocycles. The lowest BCUT2D eigenvalue weighted by molar-refractivity contribution is 0.302. The summed E-state index contributed by atoms with van der Waals surface area (Å²) in [5.74, 6) is 0.906. The van der Waals surface area contributed by atoms with Crippen molar-refractivity contribution in [2.45, 2.75) is 19.6 Å². The van der Waals surface area contributed by atoms with Crippen LogP contribution in [-0.2, 0) is 13.2 Å². The van der Waals surface area contributed by atoms with E-state index in [9.17, 15) is 0 Å². The minimum absolute atomic E-state index is 0. The van der Waals surface area contributed by atoms with Crippen LogP contribution in [0.1, 0.15) is 17.5 Å². The number of rotatable bonds is 9. The van der Waals surface area contributed by atoms with Crippen molar-refractivity contribution in [2.75, 3.05) is 20.1 Å². The van der Waals surface area contributed by atoms with Crippen LogP contribution in [0.2, 0.25) is 5.02 Å². The van der Waals surface area contributed by atoms with Gasteiger partial charge in [0.2, 0.25) is 0 Å². The number of ether oxygens (including phenoxy) is 1. The smallest absolute Gasteiger partial charge is 0.124 e. The van der Waals surface area contributed by atoms with Crippen LogP contribution in [0.15, 0.2) is 48.5 Å². The van der Waals surface area contributed by atoms with E-state index in [1.165, 1.54) is 5.56 Å².